The topological polar surface area (TPSA) is 162 Å². The molecule has 4 fully saturated rings. The van der Waals surface area contributed by atoms with Crippen LogP contribution in [0.4, 0.5) is 20.7 Å². The highest BCUT2D eigenvalue weighted by atomic mass is 35.5. The van der Waals surface area contributed by atoms with Crippen LogP contribution in [0.25, 0.3) is 10.9 Å². The molecule has 4 aromatic rings. The largest absolute Gasteiger partial charge is 0.490 e. The van der Waals surface area contributed by atoms with Crippen molar-refractivity contribution in [2.75, 3.05) is 49.1 Å². The molecule has 0 spiro atoms. The van der Waals surface area contributed by atoms with Crippen molar-refractivity contribution in [3.63, 3.8) is 0 Å². The lowest BCUT2D eigenvalue weighted by molar-refractivity contribution is -0.120. The van der Waals surface area contributed by atoms with E-state index in [1.807, 2.05) is 4.68 Å². The maximum atomic E-state index is 15.0. The first-order chi connectivity index (χ1) is 27.2. The predicted octanol–water partition coefficient (Wildman–Crippen LogP) is 6.03. The first kappa shape index (κ1) is 40.2. The zero-order chi connectivity index (χ0) is 38.8. The van der Waals surface area contributed by atoms with E-state index < -0.39 is 11.8 Å². The molecule has 0 bridgehead atoms. The maximum absolute atomic E-state index is 15.0. The van der Waals surface area contributed by atoms with Crippen molar-refractivity contribution >= 4 is 64.3 Å². The molecule has 3 aliphatic heterocycles. The molecule has 0 atom stereocenters. The van der Waals surface area contributed by atoms with Gasteiger partial charge < -0.3 is 19.9 Å². The van der Waals surface area contributed by atoms with Crippen molar-refractivity contribution in [3.05, 3.63) is 71.0 Å². The van der Waals surface area contributed by atoms with Crippen LogP contribution in [0.3, 0.4) is 0 Å². The summed E-state index contributed by atoms with van der Waals surface area (Å²) >= 11 is 6.14. The van der Waals surface area contributed by atoms with E-state index >= 15 is 4.39 Å². The summed E-state index contributed by atoms with van der Waals surface area (Å²) in [7, 11) is 0. The summed E-state index contributed by atoms with van der Waals surface area (Å²) in [4.78, 5) is 52.3. The first-order valence-corrected chi connectivity index (χ1v) is 19.8. The smallest absolute Gasteiger partial charge is 0.328 e. The number of nitrogens with zero attached hydrogens (tertiary/aromatic N) is 8. The van der Waals surface area contributed by atoms with Crippen LogP contribution in [0.2, 0.25) is 5.02 Å². The zero-order valence-electron chi connectivity index (χ0n) is 31.4. The normalized spacial score (nSPS) is 21.1. The number of nitrogens with one attached hydrogen (secondary N) is 2. The van der Waals surface area contributed by atoms with Gasteiger partial charge in [0.1, 0.15) is 29.1 Å². The Labute approximate surface area is 341 Å². The Balaban J connectivity index is 0.00000496. The summed E-state index contributed by atoms with van der Waals surface area (Å²) < 4.78 is 23.1. The number of likely N-dealkylation sites (tertiary alicyclic amines) is 1. The number of carbonyl (C=O) groups excluding carboxylic acids is 3. The van der Waals surface area contributed by atoms with Crippen molar-refractivity contribution < 1.29 is 23.5 Å². The fourth-order valence-electron chi connectivity index (χ4n) is 8.52. The minimum absolute atomic E-state index is 0. The van der Waals surface area contributed by atoms with Gasteiger partial charge in [-0.05, 0) is 81.5 Å². The third-order valence-electron chi connectivity index (χ3n) is 11.6. The van der Waals surface area contributed by atoms with E-state index in [2.05, 4.69) is 41.6 Å². The molecule has 17 heteroatoms. The van der Waals surface area contributed by atoms with Crippen LogP contribution in [0.1, 0.15) is 79.9 Å². The van der Waals surface area contributed by atoms with Gasteiger partial charge in [0.15, 0.2) is 0 Å². The molecule has 8 rings (SSSR count). The van der Waals surface area contributed by atoms with E-state index in [4.69, 9.17) is 21.6 Å². The lowest BCUT2D eigenvalue weighted by Gasteiger charge is -2.38. The van der Waals surface area contributed by atoms with Crippen LogP contribution in [-0.2, 0) is 4.79 Å². The predicted molar refractivity (Wildman–Crippen MR) is 214 cm³/mol. The number of fused-ring (bicyclic) bond motifs is 1. The summed E-state index contributed by atoms with van der Waals surface area (Å²) in [5, 5.41) is 20.1. The van der Waals surface area contributed by atoms with Crippen LogP contribution in [0.15, 0.2) is 48.9 Å². The second-order valence-corrected chi connectivity index (χ2v) is 15.6. The van der Waals surface area contributed by atoms with Crippen LogP contribution in [0, 0.1) is 23.1 Å². The van der Waals surface area contributed by atoms with Crippen LogP contribution >= 0.6 is 24.0 Å². The van der Waals surface area contributed by atoms with Crippen molar-refractivity contribution in [1.29, 1.82) is 5.26 Å². The number of amides is 4. The van der Waals surface area contributed by atoms with Crippen molar-refractivity contribution in [1.82, 2.24) is 35.3 Å². The van der Waals surface area contributed by atoms with E-state index in [1.54, 1.807) is 42.9 Å². The van der Waals surface area contributed by atoms with E-state index in [9.17, 15) is 14.4 Å². The molecule has 0 radical (unpaired) electrons. The number of hydrogen-bond acceptors (Lipinski definition) is 10. The molecule has 3 saturated heterocycles. The molecule has 4 amide bonds. The molecule has 0 unspecified atom stereocenters. The molecule has 300 valence electrons. The number of nitriles is 1. The van der Waals surface area contributed by atoms with E-state index in [0.29, 0.717) is 33.3 Å². The quantitative estimate of drug-likeness (QED) is 0.204. The van der Waals surface area contributed by atoms with E-state index in [1.165, 1.54) is 11.0 Å². The van der Waals surface area contributed by atoms with Crippen molar-refractivity contribution in [2.24, 2.45) is 5.92 Å². The third kappa shape index (κ3) is 8.93. The van der Waals surface area contributed by atoms with Crippen LogP contribution < -0.4 is 25.2 Å². The van der Waals surface area contributed by atoms with Crippen molar-refractivity contribution in [2.45, 2.75) is 76.0 Å². The highest BCUT2D eigenvalue weighted by Gasteiger charge is 2.31. The van der Waals surface area contributed by atoms with Gasteiger partial charge in [-0.15, -0.1) is 12.4 Å². The summed E-state index contributed by atoms with van der Waals surface area (Å²) in [6.07, 6.45) is 12.1. The Morgan fingerprint density at radius 2 is 1.74 bits per heavy atom. The molecule has 5 heterocycles. The number of halogens is 3. The van der Waals surface area contributed by atoms with E-state index in [-0.39, 0.29) is 61.1 Å². The molecule has 1 saturated carbocycles. The molecule has 2 aromatic carbocycles. The number of ether oxygens (including phenoxy) is 1. The van der Waals surface area contributed by atoms with Crippen LogP contribution in [0.5, 0.6) is 5.75 Å². The van der Waals surface area contributed by atoms with Gasteiger partial charge in [-0.2, -0.15) is 10.4 Å². The second-order valence-electron chi connectivity index (χ2n) is 15.2. The summed E-state index contributed by atoms with van der Waals surface area (Å²) in [6, 6.07) is 9.83. The van der Waals surface area contributed by atoms with Gasteiger partial charge in [0.05, 0.1) is 52.5 Å². The average molecular weight is 820 g/mol. The SMILES string of the molecule is Cl.N#Cc1ccc(O[C@H]2CC[C@H](NC(=O)c3cnc(N4CCC(CN5CCC(n6ncc7c(N8CCC(=O)NC8=O)c(F)ccc76)CC5)CC4)cn3)CC2)cc1Cl. The Bertz CT molecular complexity index is 2140. The van der Waals surface area contributed by atoms with Gasteiger partial charge in [0.25, 0.3) is 5.91 Å². The summed E-state index contributed by atoms with van der Waals surface area (Å²) in [5.74, 6) is 0.900. The van der Waals surface area contributed by atoms with Gasteiger partial charge in [0.2, 0.25) is 5.91 Å². The van der Waals surface area contributed by atoms with Gasteiger partial charge >= 0.3 is 6.03 Å². The number of benzene rings is 2. The number of imide groups is 1. The van der Waals surface area contributed by atoms with Gasteiger partial charge in [-0.3, -0.25) is 24.5 Å². The Morgan fingerprint density at radius 1 is 0.965 bits per heavy atom. The molecular weight excluding hydrogens is 774 g/mol. The number of hydrogen-bond donors (Lipinski definition) is 2. The highest BCUT2D eigenvalue weighted by Crippen LogP contribution is 2.35. The second kappa shape index (κ2) is 17.6. The number of carbonyl (C=O) groups is 3. The summed E-state index contributed by atoms with van der Waals surface area (Å²) in [5.41, 5.74) is 1.67. The number of urea groups is 1. The van der Waals surface area contributed by atoms with Gasteiger partial charge in [0, 0.05) is 63.2 Å². The van der Waals surface area contributed by atoms with Crippen molar-refractivity contribution in [3.8, 4) is 11.8 Å². The zero-order valence-corrected chi connectivity index (χ0v) is 33.0. The highest BCUT2D eigenvalue weighted by molar-refractivity contribution is 6.31. The number of rotatable bonds is 9. The minimum Gasteiger partial charge on any atom is -0.490 e. The maximum Gasteiger partial charge on any atom is 0.328 e. The molecule has 4 aliphatic rings. The van der Waals surface area contributed by atoms with Gasteiger partial charge in [-0.1, -0.05) is 11.6 Å². The lowest BCUT2D eigenvalue weighted by Crippen LogP contribution is -2.50. The fourth-order valence-corrected chi connectivity index (χ4v) is 8.73. The molecule has 14 nitrogen and oxygen atoms in total. The molecule has 57 heavy (non-hydrogen) atoms. The first-order valence-electron chi connectivity index (χ1n) is 19.5. The molecule has 2 N–H and O–H groups in total. The molecule has 1 aliphatic carbocycles. The Kier molecular flexibility index (Phi) is 12.4. The molecular formula is C40H45Cl2FN10O4. The fraction of sp³-hybridized carbons (Fsp3) is 0.475. The standard InChI is InChI=1S/C40H44ClFN10O4.ClH/c41-32-19-30(4-1-26(32)20-43)56-29-5-2-27(3-6-29)47-39(54)34-22-45-36(23-44-34)50-16-9-25(10-17-50)24-49-14-11-28(12-15-49)52-35-8-7-33(42)38(31(35)21-46-52)51-18-13-37(53)48-40(51)55;/h1,4,7-8,19,21-23,25,27-29H,2-3,5-6,9-18,24H2,(H,47,54)(H,48,53,55);1H/t27-,29-;. The summed E-state index contributed by atoms with van der Waals surface area (Å²) in [6.45, 7) is 4.79. The average Bonchev–Trinajstić information content (AvgIpc) is 3.64. The van der Waals surface area contributed by atoms with Crippen LogP contribution in [-0.4, -0.2) is 93.9 Å². The number of piperidine rings is 2. The number of anilines is 2. The Hall–Kier alpha value is -5.04. The Morgan fingerprint density at radius 3 is 2.42 bits per heavy atom. The minimum atomic E-state index is -0.614. The monoisotopic (exact) mass is 818 g/mol. The third-order valence-corrected chi connectivity index (χ3v) is 11.9. The number of aromatic nitrogens is 4. The molecule has 2 aromatic heterocycles. The lowest BCUT2D eigenvalue weighted by atomic mass is 9.93. The van der Waals surface area contributed by atoms with E-state index in [0.717, 1.165) is 95.4 Å². The van der Waals surface area contributed by atoms with Gasteiger partial charge in [-0.25, -0.2) is 19.2 Å².